The number of carboxylic acid groups (broad SMARTS) is 1. The molecular weight excluding hydrogens is 548 g/mol. The van der Waals surface area contributed by atoms with E-state index in [9.17, 15) is 24.3 Å². The van der Waals surface area contributed by atoms with Crippen LogP contribution in [0.2, 0.25) is 0 Å². The summed E-state index contributed by atoms with van der Waals surface area (Å²) in [5.41, 5.74) is 0.437. The monoisotopic (exact) mass is 588 g/mol. The maximum absolute atomic E-state index is 13.2. The van der Waals surface area contributed by atoms with Gasteiger partial charge in [-0.3, -0.25) is 24.2 Å². The van der Waals surface area contributed by atoms with Crippen LogP contribution in [0.25, 0.3) is 0 Å². The van der Waals surface area contributed by atoms with E-state index >= 15 is 0 Å². The highest BCUT2D eigenvalue weighted by Crippen LogP contribution is 2.40. The van der Waals surface area contributed by atoms with Crippen LogP contribution in [0.3, 0.4) is 0 Å². The van der Waals surface area contributed by atoms with Crippen LogP contribution < -0.4 is 15.0 Å². The molecule has 13 heteroatoms. The van der Waals surface area contributed by atoms with Crippen molar-refractivity contribution in [2.75, 3.05) is 65.2 Å². The molecule has 3 aliphatic rings. The molecule has 224 valence electrons. The van der Waals surface area contributed by atoms with Gasteiger partial charge in [0.1, 0.15) is 17.5 Å². The molecule has 0 spiro atoms. The van der Waals surface area contributed by atoms with Crippen molar-refractivity contribution in [3.8, 4) is 0 Å². The molecule has 1 aromatic rings. The van der Waals surface area contributed by atoms with E-state index in [2.05, 4.69) is 29.0 Å². The Balaban J connectivity index is 1.44. The van der Waals surface area contributed by atoms with Gasteiger partial charge in [0.05, 0.1) is 25.2 Å². The number of hydrogen-bond acceptors (Lipinski definition) is 10. The summed E-state index contributed by atoms with van der Waals surface area (Å²) >= 11 is 1.40. The van der Waals surface area contributed by atoms with Crippen molar-refractivity contribution >= 4 is 35.5 Å². The molecule has 4 heterocycles. The van der Waals surface area contributed by atoms with Crippen LogP contribution in [-0.4, -0.2) is 126 Å². The van der Waals surface area contributed by atoms with Crippen LogP contribution in [0.4, 0.5) is 0 Å². The fraction of sp³-hybridized carbons (Fsp3) is 0.607. The third kappa shape index (κ3) is 7.26. The second kappa shape index (κ2) is 14.3. The Bertz CT molecular complexity index is 1130. The van der Waals surface area contributed by atoms with Crippen molar-refractivity contribution in [2.24, 2.45) is 0 Å². The number of thioether (sulfide) groups is 1. The number of carbonyl (C=O) groups excluding carboxylic acids is 4. The Labute approximate surface area is 245 Å². The number of carbonyl (C=O) groups is 4. The van der Waals surface area contributed by atoms with E-state index in [0.29, 0.717) is 31.0 Å². The van der Waals surface area contributed by atoms with Crippen LogP contribution in [0.1, 0.15) is 20.3 Å². The molecule has 0 aromatic carbocycles. The van der Waals surface area contributed by atoms with Crippen molar-refractivity contribution < 1.29 is 33.6 Å². The fourth-order valence-electron chi connectivity index (χ4n) is 5.56. The lowest BCUT2D eigenvalue weighted by Crippen LogP contribution is -2.71. The smallest absolute Gasteiger partial charge is 0.323 e. The molecule has 2 fully saturated rings. The standard InChI is InChI=1S/C28H40N6O6S/c1-4-30-11-12-31(5-2)14-16-33(15-13-30)21(28(39)40-3)17-22(35)29-23-25(36)34-24(27(37)38)20(19-41-26(23)34)18-32-9-7-6-8-10-32/h6-10,21,23,26H,4-5,11-19H2,1-3H3,(H-,29,35,37,38). The van der Waals surface area contributed by atoms with Gasteiger partial charge in [-0.15, -0.1) is 11.8 Å². The summed E-state index contributed by atoms with van der Waals surface area (Å²) in [6, 6.07) is 3.87. The molecule has 3 atom stereocenters. The number of hydrogen-bond donors (Lipinski definition) is 1. The summed E-state index contributed by atoms with van der Waals surface area (Å²) in [6.45, 7) is 10.9. The van der Waals surface area contributed by atoms with Gasteiger partial charge in [-0.25, -0.2) is 4.57 Å². The zero-order valence-corrected chi connectivity index (χ0v) is 24.8. The van der Waals surface area contributed by atoms with Gasteiger partial charge in [0.25, 0.3) is 5.91 Å². The Kier molecular flexibility index (Phi) is 10.8. The molecule has 0 radical (unpaired) electrons. The zero-order valence-electron chi connectivity index (χ0n) is 24.0. The molecule has 0 aliphatic carbocycles. The lowest BCUT2D eigenvalue weighted by atomic mass is 10.0. The molecule has 2 saturated heterocycles. The van der Waals surface area contributed by atoms with E-state index < -0.39 is 41.2 Å². The summed E-state index contributed by atoms with van der Waals surface area (Å²) in [5, 5.41) is 14.3. The minimum atomic E-state index is -1.42. The number of methoxy groups -OCH3 is 1. The molecule has 3 aliphatic heterocycles. The Morgan fingerprint density at radius 1 is 1.05 bits per heavy atom. The number of nitrogens with zero attached hydrogens (tertiary/aromatic N) is 5. The largest absolute Gasteiger partial charge is 0.543 e. The van der Waals surface area contributed by atoms with Gasteiger partial charge in [-0.1, -0.05) is 19.9 Å². The predicted molar refractivity (Wildman–Crippen MR) is 150 cm³/mol. The van der Waals surface area contributed by atoms with Gasteiger partial charge in [-0.05, 0) is 13.1 Å². The first-order valence-corrected chi connectivity index (χ1v) is 15.2. The number of nitrogens with one attached hydrogen (secondary N) is 1. The number of likely N-dealkylation sites (N-methyl/N-ethyl adjacent to an activating group) is 2. The van der Waals surface area contributed by atoms with E-state index in [1.165, 1.54) is 23.8 Å². The lowest BCUT2D eigenvalue weighted by molar-refractivity contribution is -0.689. The first-order valence-electron chi connectivity index (χ1n) is 14.1. The summed E-state index contributed by atoms with van der Waals surface area (Å²) in [5.74, 6) is -2.49. The minimum absolute atomic E-state index is 0.134. The highest BCUT2D eigenvalue weighted by Gasteiger charge is 2.53. The average molecular weight is 589 g/mol. The maximum Gasteiger partial charge on any atom is 0.323 e. The van der Waals surface area contributed by atoms with E-state index in [1.54, 1.807) is 0 Å². The summed E-state index contributed by atoms with van der Waals surface area (Å²) in [4.78, 5) is 59.2. The van der Waals surface area contributed by atoms with Gasteiger partial charge >= 0.3 is 5.97 Å². The second-order valence-corrected chi connectivity index (χ2v) is 11.5. The first-order chi connectivity index (χ1) is 19.8. The third-order valence-corrected chi connectivity index (χ3v) is 9.37. The average Bonchev–Trinajstić information content (AvgIpc) is 3.08. The molecule has 0 saturated carbocycles. The minimum Gasteiger partial charge on any atom is -0.543 e. The van der Waals surface area contributed by atoms with Crippen LogP contribution in [0.15, 0.2) is 41.9 Å². The van der Waals surface area contributed by atoms with Crippen molar-refractivity contribution in [1.82, 2.24) is 24.9 Å². The van der Waals surface area contributed by atoms with Crippen molar-refractivity contribution in [1.29, 1.82) is 0 Å². The Hall–Kier alpha value is -3.00. The number of aromatic nitrogens is 1. The van der Waals surface area contributed by atoms with Crippen LogP contribution in [0.5, 0.6) is 0 Å². The molecule has 4 rings (SSSR count). The zero-order chi connectivity index (χ0) is 29.5. The van der Waals surface area contributed by atoms with Gasteiger partial charge in [-0.2, -0.15) is 0 Å². The SMILES string of the molecule is CCN1CCN(CC)CCN(C(CC(=O)NC2C(=O)N3C(C(=O)[O-])=C(C[n+]4ccccc4)CSC23)C(=O)OC)CC1. The Morgan fingerprint density at radius 2 is 1.66 bits per heavy atom. The molecule has 3 unspecified atom stereocenters. The van der Waals surface area contributed by atoms with Crippen molar-refractivity contribution in [3.63, 3.8) is 0 Å². The number of amides is 2. The van der Waals surface area contributed by atoms with Crippen LogP contribution in [-0.2, 0) is 30.5 Å². The second-order valence-electron chi connectivity index (χ2n) is 10.4. The molecule has 0 bridgehead atoms. The highest BCUT2D eigenvalue weighted by atomic mass is 32.2. The molecule has 12 nitrogen and oxygen atoms in total. The van der Waals surface area contributed by atoms with Gasteiger partial charge < -0.3 is 29.8 Å². The number of carboxylic acids is 1. The van der Waals surface area contributed by atoms with Crippen LogP contribution >= 0.6 is 11.8 Å². The van der Waals surface area contributed by atoms with Crippen molar-refractivity contribution in [2.45, 2.75) is 44.3 Å². The summed E-state index contributed by atoms with van der Waals surface area (Å²) < 4.78 is 6.92. The number of rotatable bonds is 10. The van der Waals surface area contributed by atoms with Crippen molar-refractivity contribution in [3.05, 3.63) is 41.9 Å². The maximum atomic E-state index is 13.2. The van der Waals surface area contributed by atoms with E-state index in [1.807, 2.05) is 40.1 Å². The quantitative estimate of drug-likeness (QED) is 0.191. The summed E-state index contributed by atoms with van der Waals surface area (Å²) in [6.07, 6.45) is 3.48. The molecule has 2 amide bonds. The number of ether oxygens (including phenoxy) is 1. The van der Waals surface area contributed by atoms with Crippen LogP contribution in [0, 0.1) is 0 Å². The number of pyridine rings is 1. The lowest BCUT2D eigenvalue weighted by Gasteiger charge is -2.50. The van der Waals surface area contributed by atoms with Gasteiger partial charge in [0, 0.05) is 62.7 Å². The number of fused-ring (bicyclic) bond motifs is 1. The number of aliphatic carboxylic acids is 1. The first kappa shape index (κ1) is 30.9. The number of esters is 1. The van der Waals surface area contributed by atoms with E-state index in [4.69, 9.17) is 4.74 Å². The molecule has 1 aromatic heterocycles. The van der Waals surface area contributed by atoms with Gasteiger partial charge in [0.2, 0.25) is 5.91 Å². The molecule has 1 N–H and O–H groups in total. The number of β-lactam (4-membered cyclic amide) rings is 1. The normalized spacial score (nSPS) is 23.5. The topological polar surface area (TPSA) is 129 Å². The van der Waals surface area contributed by atoms with E-state index in [-0.39, 0.29) is 12.1 Å². The fourth-order valence-corrected chi connectivity index (χ4v) is 6.90. The summed E-state index contributed by atoms with van der Waals surface area (Å²) in [7, 11) is 1.31. The van der Waals surface area contributed by atoms with E-state index in [0.717, 1.165) is 39.3 Å². The molecule has 41 heavy (non-hydrogen) atoms. The highest BCUT2D eigenvalue weighted by molar-refractivity contribution is 8.00. The predicted octanol–water partition coefficient (Wildman–Crippen LogP) is -1.73. The molecular formula is C28H40N6O6S. The third-order valence-electron chi connectivity index (χ3n) is 8.03. The van der Waals surface area contributed by atoms with Gasteiger partial charge in [0.15, 0.2) is 18.9 Å². The Morgan fingerprint density at radius 3 is 2.22 bits per heavy atom.